The van der Waals surface area contributed by atoms with Gasteiger partial charge in [0, 0.05) is 37.3 Å². The molecule has 1 aromatic carbocycles. The predicted octanol–water partition coefficient (Wildman–Crippen LogP) is 2.82. The molecule has 1 fully saturated rings. The summed E-state index contributed by atoms with van der Waals surface area (Å²) in [6.07, 6.45) is -0.670. The minimum atomic E-state index is -4.44. The number of carbonyl (C=O) groups is 2. The van der Waals surface area contributed by atoms with E-state index < -0.39 is 35.1 Å². The second-order valence-corrected chi connectivity index (χ2v) is 8.89. The number of hydrogen-bond donors (Lipinski definition) is 2. The lowest BCUT2D eigenvalue weighted by molar-refractivity contribution is -0.194. The lowest BCUT2D eigenvalue weighted by Gasteiger charge is -2.29. The van der Waals surface area contributed by atoms with Gasteiger partial charge in [0.15, 0.2) is 0 Å². The van der Waals surface area contributed by atoms with E-state index >= 15 is 0 Å². The van der Waals surface area contributed by atoms with Gasteiger partial charge in [0.05, 0.1) is 11.0 Å². The molecule has 184 valence electrons. The Morgan fingerprint density at radius 3 is 2.35 bits per heavy atom. The lowest BCUT2D eigenvalue weighted by Crippen LogP contribution is -2.42. The van der Waals surface area contributed by atoms with E-state index in [4.69, 9.17) is 5.73 Å². The number of aromatic nitrogens is 2. The molecule has 1 heterocycles. The van der Waals surface area contributed by atoms with Gasteiger partial charge in [0.2, 0.25) is 5.91 Å². The van der Waals surface area contributed by atoms with Crippen molar-refractivity contribution in [1.29, 1.82) is 0 Å². The van der Waals surface area contributed by atoms with Crippen molar-refractivity contribution in [2.24, 2.45) is 11.1 Å². The number of likely N-dealkylation sites (N-methyl/N-ethyl adjacent to an activating group) is 1. The highest BCUT2D eigenvalue weighted by atomic mass is 19.4. The van der Waals surface area contributed by atoms with E-state index in [1.807, 2.05) is 4.90 Å². The Kier molecular flexibility index (Phi) is 7.54. The minimum absolute atomic E-state index is 0.0451. The molecule has 0 spiro atoms. The summed E-state index contributed by atoms with van der Waals surface area (Å²) in [7, 11) is 3.55. The van der Waals surface area contributed by atoms with Crippen molar-refractivity contribution in [3.63, 3.8) is 0 Å². The van der Waals surface area contributed by atoms with Gasteiger partial charge in [0.25, 0.3) is 5.91 Å². The molecule has 2 atom stereocenters. The Labute approximate surface area is 194 Å². The second-order valence-electron chi connectivity index (χ2n) is 8.89. The number of nitrogens with two attached hydrogens (primary N) is 1. The number of halogens is 4. The monoisotopic (exact) mass is 481 g/mol. The van der Waals surface area contributed by atoms with Crippen molar-refractivity contribution in [3.8, 4) is 0 Å². The first-order valence-corrected chi connectivity index (χ1v) is 10.8. The van der Waals surface area contributed by atoms with E-state index in [9.17, 15) is 27.2 Å². The maximum absolute atomic E-state index is 14.1. The zero-order chi connectivity index (χ0) is 25.1. The fourth-order valence-electron chi connectivity index (χ4n) is 4.17. The predicted molar refractivity (Wildman–Crippen MR) is 116 cm³/mol. The third kappa shape index (κ3) is 5.69. The van der Waals surface area contributed by atoms with Gasteiger partial charge in [-0.1, -0.05) is 6.07 Å². The third-order valence-electron chi connectivity index (χ3n) is 6.43. The van der Waals surface area contributed by atoms with Gasteiger partial charge >= 0.3 is 6.18 Å². The molecular formula is C23H27F4N5O2. The molecule has 2 amide bonds. The first kappa shape index (κ1) is 25.5. The Morgan fingerprint density at radius 2 is 1.85 bits per heavy atom. The Balaban J connectivity index is 1.68. The first-order chi connectivity index (χ1) is 15.9. The molecule has 2 aromatic rings. The van der Waals surface area contributed by atoms with E-state index in [1.54, 1.807) is 20.2 Å². The molecule has 0 saturated heterocycles. The number of rotatable bonds is 10. The average Bonchev–Trinajstić information content (AvgIpc) is 3.57. The smallest absolute Gasteiger partial charge is 0.366 e. The molecule has 0 bridgehead atoms. The number of nitrogens with one attached hydrogen (secondary N) is 1. The molecule has 0 radical (unpaired) electrons. The largest absolute Gasteiger partial charge is 0.395 e. The molecular weight excluding hydrogens is 454 g/mol. The van der Waals surface area contributed by atoms with Crippen molar-refractivity contribution in [2.75, 3.05) is 20.6 Å². The zero-order valence-electron chi connectivity index (χ0n) is 18.9. The number of amides is 2. The number of primary amides is 1. The highest BCUT2D eigenvalue weighted by molar-refractivity contribution is 5.93. The van der Waals surface area contributed by atoms with Crippen LogP contribution in [0.3, 0.4) is 0 Å². The van der Waals surface area contributed by atoms with Crippen LogP contribution in [0.1, 0.15) is 46.7 Å². The second kappa shape index (κ2) is 10.0. The number of carbonyl (C=O) groups excluding carboxylic acids is 2. The van der Waals surface area contributed by atoms with Gasteiger partial charge in [-0.25, -0.2) is 14.4 Å². The molecule has 1 aromatic heterocycles. The molecule has 1 aliphatic rings. The van der Waals surface area contributed by atoms with Crippen molar-refractivity contribution in [3.05, 3.63) is 59.4 Å². The fraction of sp³-hybridized carbons (Fsp3) is 0.478. The van der Waals surface area contributed by atoms with Gasteiger partial charge in [0.1, 0.15) is 12.1 Å². The SMILES string of the molecule is CN(C)C(CNC(=O)CC(c1cncnc1)C1(C(F)(F)F)CC1)Cc1ccc(C(N)=O)c(F)c1. The number of benzene rings is 1. The van der Waals surface area contributed by atoms with Crippen molar-refractivity contribution in [2.45, 2.75) is 43.8 Å². The van der Waals surface area contributed by atoms with Gasteiger partial charge < -0.3 is 16.0 Å². The highest BCUT2D eigenvalue weighted by Crippen LogP contribution is 2.66. The van der Waals surface area contributed by atoms with Crippen molar-refractivity contribution in [1.82, 2.24) is 20.2 Å². The van der Waals surface area contributed by atoms with E-state index in [0.29, 0.717) is 12.0 Å². The summed E-state index contributed by atoms with van der Waals surface area (Å²) in [5.41, 5.74) is 3.83. The van der Waals surface area contributed by atoms with Gasteiger partial charge in [-0.2, -0.15) is 13.2 Å². The number of hydrogen-bond acceptors (Lipinski definition) is 5. The Bertz CT molecular complexity index is 1030. The first-order valence-electron chi connectivity index (χ1n) is 10.8. The molecule has 0 aliphatic heterocycles. The average molecular weight is 481 g/mol. The maximum atomic E-state index is 14.1. The minimum Gasteiger partial charge on any atom is -0.366 e. The summed E-state index contributed by atoms with van der Waals surface area (Å²) < 4.78 is 55.5. The van der Waals surface area contributed by atoms with E-state index in [2.05, 4.69) is 15.3 Å². The van der Waals surface area contributed by atoms with Crippen LogP contribution < -0.4 is 11.1 Å². The molecule has 1 aliphatic carbocycles. The van der Waals surface area contributed by atoms with E-state index in [0.717, 1.165) is 0 Å². The standard InChI is InChI=1S/C23H27F4N5O2/c1-32(2)16(7-14-3-4-17(21(28)34)19(24)8-14)12-31-20(33)9-18(15-10-29-13-30-11-15)22(5-6-22)23(25,26)27/h3-4,8,10-11,13,16,18H,5-7,9,12H2,1-2H3,(H2,28,34)(H,31,33). The van der Waals surface area contributed by atoms with E-state index in [-0.39, 0.29) is 43.0 Å². The van der Waals surface area contributed by atoms with Crippen LogP contribution in [0.2, 0.25) is 0 Å². The van der Waals surface area contributed by atoms with Crippen molar-refractivity contribution < 1.29 is 27.2 Å². The van der Waals surface area contributed by atoms with Crippen LogP contribution in [0.5, 0.6) is 0 Å². The normalized spacial score (nSPS) is 16.7. The van der Waals surface area contributed by atoms with Crippen LogP contribution in [0.25, 0.3) is 0 Å². The maximum Gasteiger partial charge on any atom is 0.395 e. The van der Waals surface area contributed by atoms with Crippen LogP contribution in [0.4, 0.5) is 17.6 Å². The molecule has 7 nitrogen and oxygen atoms in total. The summed E-state index contributed by atoms with van der Waals surface area (Å²) in [5, 5.41) is 2.72. The number of alkyl halides is 3. The van der Waals surface area contributed by atoms with Crippen LogP contribution >= 0.6 is 0 Å². The molecule has 11 heteroatoms. The Hall–Kier alpha value is -3.08. The van der Waals surface area contributed by atoms with Crippen LogP contribution in [0.15, 0.2) is 36.9 Å². The summed E-state index contributed by atoms with van der Waals surface area (Å²) in [5.74, 6) is -3.21. The molecule has 3 N–H and O–H groups in total. The van der Waals surface area contributed by atoms with Crippen LogP contribution in [0, 0.1) is 11.2 Å². The van der Waals surface area contributed by atoms with Gasteiger partial charge in [-0.15, -0.1) is 0 Å². The van der Waals surface area contributed by atoms with E-state index in [1.165, 1.54) is 30.9 Å². The van der Waals surface area contributed by atoms with Gasteiger partial charge in [-0.05, 0) is 56.6 Å². The summed E-state index contributed by atoms with van der Waals surface area (Å²) in [6, 6.07) is 3.83. The molecule has 3 rings (SSSR count). The quantitative estimate of drug-likeness (QED) is 0.509. The summed E-state index contributed by atoms with van der Waals surface area (Å²) in [4.78, 5) is 33.4. The molecule has 1 saturated carbocycles. The third-order valence-corrected chi connectivity index (χ3v) is 6.43. The number of nitrogens with zero attached hydrogens (tertiary/aromatic N) is 3. The summed E-state index contributed by atoms with van der Waals surface area (Å²) >= 11 is 0. The van der Waals surface area contributed by atoms with Crippen LogP contribution in [-0.4, -0.2) is 59.5 Å². The van der Waals surface area contributed by atoms with Gasteiger partial charge in [-0.3, -0.25) is 9.59 Å². The lowest BCUT2D eigenvalue weighted by atomic mass is 9.81. The topological polar surface area (TPSA) is 101 Å². The highest BCUT2D eigenvalue weighted by Gasteiger charge is 2.67. The van der Waals surface area contributed by atoms with Crippen LogP contribution in [-0.2, 0) is 11.2 Å². The molecule has 34 heavy (non-hydrogen) atoms. The fourth-order valence-corrected chi connectivity index (χ4v) is 4.17. The zero-order valence-corrected chi connectivity index (χ0v) is 18.9. The van der Waals surface area contributed by atoms with Crippen molar-refractivity contribution >= 4 is 11.8 Å². The summed E-state index contributed by atoms with van der Waals surface area (Å²) in [6.45, 7) is 0.141. The Morgan fingerprint density at radius 1 is 1.21 bits per heavy atom. The molecule has 2 unspecified atom stereocenters.